The third-order valence-electron chi connectivity index (χ3n) is 3.61. The van der Waals surface area contributed by atoms with Gasteiger partial charge in [-0.1, -0.05) is 0 Å². The maximum absolute atomic E-state index is 14.4. The number of benzene rings is 1. The first kappa shape index (κ1) is 16.6. The Morgan fingerprint density at radius 1 is 1.30 bits per heavy atom. The Morgan fingerprint density at radius 3 is 2.74 bits per heavy atom. The molecule has 0 fully saturated rings. The van der Waals surface area contributed by atoms with Gasteiger partial charge in [-0.25, -0.2) is 13.8 Å². The first-order valence-corrected chi connectivity index (χ1v) is 8.13. The second-order valence-corrected chi connectivity index (χ2v) is 6.58. The van der Waals surface area contributed by atoms with E-state index in [4.69, 9.17) is 16.3 Å². The predicted molar refractivity (Wildman–Crippen MR) is 88.4 cm³/mol. The van der Waals surface area contributed by atoms with Gasteiger partial charge in [-0.15, -0.1) is 0 Å². The summed E-state index contributed by atoms with van der Waals surface area (Å²) >= 11 is 8.85. The number of nitrogens with zero attached hydrogens (tertiary/aromatic N) is 4. The molecule has 0 atom stereocenters. The number of ether oxygens (including phenoxy) is 1. The Morgan fingerprint density at radius 2 is 2.04 bits per heavy atom. The first-order valence-electron chi connectivity index (χ1n) is 6.96. The molecule has 0 saturated carbocycles. The Balaban J connectivity index is 2.26. The van der Waals surface area contributed by atoms with E-state index in [-0.39, 0.29) is 33.0 Å². The average Bonchev–Trinajstić information content (AvgIpc) is 2.68. The van der Waals surface area contributed by atoms with Crippen molar-refractivity contribution in [3.63, 3.8) is 0 Å². The number of rotatable bonds is 3. The fourth-order valence-electron chi connectivity index (χ4n) is 2.47. The van der Waals surface area contributed by atoms with E-state index in [0.29, 0.717) is 18.9 Å². The lowest BCUT2D eigenvalue weighted by atomic mass is 10.2. The molecule has 0 N–H and O–H groups in total. The summed E-state index contributed by atoms with van der Waals surface area (Å²) in [5.74, 6) is -1.27. The average molecular weight is 408 g/mol. The lowest BCUT2D eigenvalue weighted by molar-refractivity contribution is 0.311. The van der Waals surface area contributed by atoms with Gasteiger partial charge in [-0.3, -0.25) is 0 Å². The molecule has 0 amide bonds. The van der Waals surface area contributed by atoms with Crippen LogP contribution in [0.4, 0.5) is 14.6 Å². The Hall–Kier alpha value is -1.25. The highest BCUT2D eigenvalue weighted by atomic mass is 79.9. The van der Waals surface area contributed by atoms with E-state index in [1.165, 1.54) is 0 Å². The fraction of sp³-hybridized carbons (Fsp3) is 0.429. The van der Waals surface area contributed by atoms with Crippen LogP contribution in [0.15, 0.2) is 4.47 Å². The molecule has 23 heavy (non-hydrogen) atoms. The van der Waals surface area contributed by atoms with Crippen molar-refractivity contribution in [2.24, 2.45) is 0 Å². The SMILES string of the molecule is CN(C)CCN1CCOc2c(F)c(Br)c(F)c3nc(Cl)nc1c23. The van der Waals surface area contributed by atoms with E-state index in [1.54, 1.807) is 0 Å². The van der Waals surface area contributed by atoms with Crippen molar-refractivity contribution >= 4 is 44.3 Å². The summed E-state index contributed by atoms with van der Waals surface area (Å²) in [7, 11) is 3.89. The van der Waals surface area contributed by atoms with Gasteiger partial charge in [-0.2, -0.15) is 4.98 Å². The number of likely N-dealkylation sites (N-methyl/N-ethyl adjacent to an activating group) is 1. The van der Waals surface area contributed by atoms with Gasteiger partial charge >= 0.3 is 0 Å². The molecule has 0 bridgehead atoms. The molecule has 0 spiro atoms. The van der Waals surface area contributed by atoms with Crippen molar-refractivity contribution in [3.05, 3.63) is 21.4 Å². The van der Waals surface area contributed by atoms with E-state index < -0.39 is 11.6 Å². The van der Waals surface area contributed by atoms with E-state index >= 15 is 0 Å². The standard InChI is InChI=1S/C14H14BrClF2N4O/c1-21(2)3-4-22-5-6-23-12-7-11(9(17)8(15)10(12)18)19-14(16)20-13(7)22/h3-6H2,1-2H3. The van der Waals surface area contributed by atoms with Gasteiger partial charge < -0.3 is 14.5 Å². The third-order valence-corrected chi connectivity index (χ3v) is 4.47. The van der Waals surface area contributed by atoms with Crippen molar-refractivity contribution in [1.82, 2.24) is 14.9 Å². The van der Waals surface area contributed by atoms with Crippen molar-refractivity contribution < 1.29 is 13.5 Å². The van der Waals surface area contributed by atoms with E-state index in [9.17, 15) is 8.78 Å². The molecule has 0 radical (unpaired) electrons. The third kappa shape index (κ3) is 2.95. The van der Waals surface area contributed by atoms with Gasteiger partial charge in [-0.05, 0) is 41.6 Å². The number of halogens is 4. The molecule has 1 aliphatic rings. The van der Waals surface area contributed by atoms with Crippen LogP contribution in [0.25, 0.3) is 10.9 Å². The maximum Gasteiger partial charge on any atom is 0.225 e. The molecule has 1 aromatic heterocycles. The summed E-state index contributed by atoms with van der Waals surface area (Å²) in [5, 5.41) is 0.122. The van der Waals surface area contributed by atoms with Crippen molar-refractivity contribution in [3.8, 4) is 5.75 Å². The molecule has 2 heterocycles. The monoisotopic (exact) mass is 406 g/mol. The zero-order valence-corrected chi connectivity index (χ0v) is 14.9. The van der Waals surface area contributed by atoms with E-state index in [1.807, 2.05) is 23.9 Å². The Bertz CT molecular complexity index is 775. The van der Waals surface area contributed by atoms with Crippen molar-refractivity contribution in [2.75, 3.05) is 45.2 Å². The zero-order chi connectivity index (χ0) is 16.7. The molecular formula is C14H14BrClF2N4O. The number of hydrogen-bond acceptors (Lipinski definition) is 5. The molecule has 2 aromatic rings. The fourth-order valence-corrected chi connectivity index (χ4v) is 3.00. The number of hydrogen-bond donors (Lipinski definition) is 0. The van der Waals surface area contributed by atoms with Gasteiger partial charge in [0, 0.05) is 13.1 Å². The molecule has 9 heteroatoms. The molecule has 1 aliphatic heterocycles. The highest BCUT2D eigenvalue weighted by molar-refractivity contribution is 9.10. The molecule has 0 aliphatic carbocycles. The number of aromatic nitrogens is 2. The van der Waals surface area contributed by atoms with E-state index in [2.05, 4.69) is 25.9 Å². The van der Waals surface area contributed by atoms with Crippen LogP contribution in [-0.2, 0) is 0 Å². The molecule has 3 rings (SSSR count). The van der Waals surface area contributed by atoms with Crippen LogP contribution in [0.3, 0.4) is 0 Å². The van der Waals surface area contributed by atoms with Crippen LogP contribution in [-0.4, -0.2) is 55.2 Å². The Kier molecular flexibility index (Phi) is 4.57. The highest BCUT2D eigenvalue weighted by Crippen LogP contribution is 2.42. The second-order valence-electron chi connectivity index (χ2n) is 5.45. The Labute approximate surface area is 145 Å². The van der Waals surface area contributed by atoms with Crippen LogP contribution in [0.5, 0.6) is 5.75 Å². The maximum atomic E-state index is 14.4. The minimum atomic E-state index is -0.815. The summed E-state index contributed by atoms with van der Waals surface area (Å²) in [5.41, 5.74) is -0.0555. The van der Waals surface area contributed by atoms with Crippen molar-refractivity contribution in [2.45, 2.75) is 0 Å². The summed E-state index contributed by atoms with van der Waals surface area (Å²) in [4.78, 5) is 12.0. The van der Waals surface area contributed by atoms with E-state index in [0.717, 1.165) is 6.54 Å². The summed E-state index contributed by atoms with van der Waals surface area (Å²) < 4.78 is 34.0. The summed E-state index contributed by atoms with van der Waals surface area (Å²) in [6.45, 7) is 2.12. The van der Waals surface area contributed by atoms with Crippen LogP contribution < -0.4 is 9.64 Å². The summed E-state index contributed by atoms with van der Waals surface area (Å²) in [6.07, 6.45) is 0. The molecule has 124 valence electrons. The minimum Gasteiger partial charge on any atom is -0.488 e. The molecule has 0 saturated heterocycles. The first-order chi connectivity index (χ1) is 10.9. The summed E-state index contributed by atoms with van der Waals surface area (Å²) in [6, 6.07) is 0. The minimum absolute atomic E-state index is 0.0488. The quantitative estimate of drug-likeness (QED) is 0.578. The second kappa shape index (κ2) is 6.33. The van der Waals surface area contributed by atoms with Gasteiger partial charge in [0.2, 0.25) is 5.28 Å². The van der Waals surface area contributed by atoms with Gasteiger partial charge in [0.1, 0.15) is 17.9 Å². The van der Waals surface area contributed by atoms with Crippen LogP contribution in [0.1, 0.15) is 0 Å². The van der Waals surface area contributed by atoms with Gasteiger partial charge in [0.15, 0.2) is 17.4 Å². The zero-order valence-electron chi connectivity index (χ0n) is 12.5. The van der Waals surface area contributed by atoms with Crippen molar-refractivity contribution in [1.29, 1.82) is 0 Å². The van der Waals surface area contributed by atoms with Crippen LogP contribution >= 0.6 is 27.5 Å². The molecular weight excluding hydrogens is 394 g/mol. The predicted octanol–water partition coefficient (Wildman–Crippen LogP) is 3.08. The van der Waals surface area contributed by atoms with Gasteiger partial charge in [0.25, 0.3) is 0 Å². The normalized spacial score (nSPS) is 14.3. The number of anilines is 1. The topological polar surface area (TPSA) is 41.5 Å². The highest BCUT2D eigenvalue weighted by Gasteiger charge is 2.28. The van der Waals surface area contributed by atoms with Crippen LogP contribution in [0, 0.1) is 11.6 Å². The lowest BCUT2D eigenvalue weighted by Gasteiger charge is -2.24. The molecule has 0 unspecified atom stereocenters. The largest absolute Gasteiger partial charge is 0.488 e. The molecule has 5 nitrogen and oxygen atoms in total. The molecule has 1 aromatic carbocycles. The smallest absolute Gasteiger partial charge is 0.225 e. The van der Waals surface area contributed by atoms with Crippen LogP contribution in [0.2, 0.25) is 5.28 Å². The lowest BCUT2D eigenvalue weighted by Crippen LogP contribution is -2.34. The van der Waals surface area contributed by atoms with Gasteiger partial charge in [0.05, 0.1) is 16.4 Å².